The standard InChI is InChI=1S/C9H12N2O4/c12-7-2-4-11(8(7)13)6-1-3-10(5-6)9(14)15/h6H,1-5H2,(H,14,15)/t6-/m1/s1. The van der Waals surface area contributed by atoms with Gasteiger partial charge in [-0.2, -0.15) is 0 Å². The lowest BCUT2D eigenvalue weighted by Crippen LogP contribution is -2.40. The smallest absolute Gasteiger partial charge is 0.407 e. The Hall–Kier alpha value is -1.59. The zero-order valence-corrected chi connectivity index (χ0v) is 8.18. The summed E-state index contributed by atoms with van der Waals surface area (Å²) in [5.74, 6) is -0.809. The monoisotopic (exact) mass is 212 g/mol. The average molecular weight is 212 g/mol. The summed E-state index contributed by atoms with van der Waals surface area (Å²) in [6.07, 6.45) is -0.0660. The SMILES string of the molecule is O=C1CCN([C@@H]2CCN(C(=O)O)C2)C1=O. The van der Waals surface area contributed by atoms with E-state index in [1.165, 1.54) is 9.80 Å². The topological polar surface area (TPSA) is 77.9 Å². The van der Waals surface area contributed by atoms with Gasteiger partial charge < -0.3 is 14.9 Å². The summed E-state index contributed by atoms with van der Waals surface area (Å²) < 4.78 is 0. The molecule has 0 saturated carbocycles. The Morgan fingerprint density at radius 1 is 1.33 bits per heavy atom. The lowest BCUT2D eigenvalue weighted by atomic mass is 10.2. The Balaban J connectivity index is 1.99. The second-order valence-corrected chi connectivity index (χ2v) is 3.84. The molecule has 2 fully saturated rings. The molecule has 0 aliphatic carbocycles. The van der Waals surface area contributed by atoms with E-state index in [9.17, 15) is 14.4 Å². The molecule has 0 aromatic rings. The molecule has 2 rings (SSSR count). The van der Waals surface area contributed by atoms with Crippen LogP contribution in [0.25, 0.3) is 0 Å². The highest BCUT2D eigenvalue weighted by atomic mass is 16.4. The van der Waals surface area contributed by atoms with Crippen molar-refractivity contribution in [1.82, 2.24) is 9.80 Å². The number of carbonyl (C=O) groups is 3. The number of likely N-dealkylation sites (tertiary alicyclic amines) is 2. The van der Waals surface area contributed by atoms with Crippen LogP contribution in [0.4, 0.5) is 4.79 Å². The fraction of sp³-hybridized carbons (Fsp3) is 0.667. The van der Waals surface area contributed by atoms with Gasteiger partial charge in [-0.3, -0.25) is 9.59 Å². The number of nitrogens with zero attached hydrogens (tertiary/aromatic N) is 2. The van der Waals surface area contributed by atoms with Gasteiger partial charge in [0.25, 0.3) is 5.91 Å². The zero-order valence-electron chi connectivity index (χ0n) is 8.18. The second-order valence-electron chi connectivity index (χ2n) is 3.84. The first-order chi connectivity index (χ1) is 7.09. The molecule has 6 heteroatoms. The molecule has 15 heavy (non-hydrogen) atoms. The van der Waals surface area contributed by atoms with Crippen molar-refractivity contribution in [1.29, 1.82) is 0 Å². The predicted molar refractivity (Wildman–Crippen MR) is 49.3 cm³/mol. The summed E-state index contributed by atoms with van der Waals surface area (Å²) in [5.41, 5.74) is 0. The van der Waals surface area contributed by atoms with Gasteiger partial charge in [-0.25, -0.2) is 4.79 Å². The van der Waals surface area contributed by atoms with Crippen LogP contribution < -0.4 is 0 Å². The summed E-state index contributed by atoms with van der Waals surface area (Å²) in [5, 5.41) is 8.75. The van der Waals surface area contributed by atoms with Gasteiger partial charge >= 0.3 is 6.09 Å². The minimum atomic E-state index is -0.963. The van der Waals surface area contributed by atoms with Gasteiger partial charge in [0.15, 0.2) is 0 Å². The summed E-state index contributed by atoms with van der Waals surface area (Å²) in [7, 11) is 0. The first-order valence-electron chi connectivity index (χ1n) is 4.91. The highest BCUT2D eigenvalue weighted by Crippen LogP contribution is 2.19. The van der Waals surface area contributed by atoms with E-state index in [2.05, 4.69) is 0 Å². The van der Waals surface area contributed by atoms with E-state index in [1.54, 1.807) is 0 Å². The van der Waals surface area contributed by atoms with Crippen molar-refractivity contribution >= 4 is 17.8 Å². The van der Waals surface area contributed by atoms with Gasteiger partial charge in [-0.05, 0) is 6.42 Å². The van der Waals surface area contributed by atoms with E-state index in [4.69, 9.17) is 5.11 Å². The molecule has 0 bridgehead atoms. The van der Waals surface area contributed by atoms with Crippen LogP contribution in [0.15, 0.2) is 0 Å². The molecule has 0 spiro atoms. The molecule has 1 N–H and O–H groups in total. The normalized spacial score (nSPS) is 26.5. The third-order valence-electron chi connectivity index (χ3n) is 2.95. The van der Waals surface area contributed by atoms with Crippen LogP contribution in [-0.2, 0) is 9.59 Å². The molecule has 0 aromatic carbocycles. The molecule has 2 saturated heterocycles. The number of carboxylic acid groups (broad SMARTS) is 1. The van der Waals surface area contributed by atoms with E-state index < -0.39 is 12.0 Å². The average Bonchev–Trinajstić information content (AvgIpc) is 2.76. The van der Waals surface area contributed by atoms with Crippen molar-refractivity contribution in [3.63, 3.8) is 0 Å². The van der Waals surface area contributed by atoms with Gasteiger partial charge in [0.05, 0.1) is 6.04 Å². The number of rotatable bonds is 1. The highest BCUT2D eigenvalue weighted by molar-refractivity contribution is 6.37. The van der Waals surface area contributed by atoms with Gasteiger partial charge in [-0.15, -0.1) is 0 Å². The number of hydrogen-bond acceptors (Lipinski definition) is 3. The third-order valence-corrected chi connectivity index (χ3v) is 2.95. The lowest BCUT2D eigenvalue weighted by molar-refractivity contribution is -0.141. The minimum absolute atomic E-state index is 0.111. The van der Waals surface area contributed by atoms with E-state index in [0.29, 0.717) is 26.1 Å². The summed E-state index contributed by atoms with van der Waals surface area (Å²) in [4.78, 5) is 35.9. The van der Waals surface area contributed by atoms with Crippen LogP contribution in [-0.4, -0.2) is 58.4 Å². The molecule has 0 aromatic heterocycles. The zero-order chi connectivity index (χ0) is 11.0. The van der Waals surface area contributed by atoms with E-state index in [-0.39, 0.29) is 18.2 Å². The van der Waals surface area contributed by atoms with Crippen LogP contribution in [0, 0.1) is 0 Å². The number of hydrogen-bond donors (Lipinski definition) is 1. The van der Waals surface area contributed by atoms with Crippen LogP contribution in [0.5, 0.6) is 0 Å². The number of carbonyl (C=O) groups excluding carboxylic acids is 2. The van der Waals surface area contributed by atoms with E-state index in [0.717, 1.165) is 0 Å². The molecule has 6 nitrogen and oxygen atoms in total. The molecule has 82 valence electrons. The summed E-state index contributed by atoms with van der Waals surface area (Å²) >= 11 is 0. The lowest BCUT2D eigenvalue weighted by Gasteiger charge is -2.22. The van der Waals surface area contributed by atoms with Crippen LogP contribution >= 0.6 is 0 Å². The van der Waals surface area contributed by atoms with Gasteiger partial charge in [-0.1, -0.05) is 0 Å². The van der Waals surface area contributed by atoms with Crippen LogP contribution in [0.2, 0.25) is 0 Å². The molecule has 2 amide bonds. The maximum absolute atomic E-state index is 11.4. The summed E-state index contributed by atoms with van der Waals surface area (Å²) in [6, 6.07) is -0.111. The number of ketones is 1. The molecular weight excluding hydrogens is 200 g/mol. The number of amides is 2. The Bertz CT molecular complexity index is 328. The van der Waals surface area contributed by atoms with E-state index in [1.807, 2.05) is 0 Å². The van der Waals surface area contributed by atoms with Gasteiger partial charge in [0.1, 0.15) is 0 Å². The van der Waals surface area contributed by atoms with E-state index >= 15 is 0 Å². The molecule has 2 aliphatic heterocycles. The molecular formula is C9H12N2O4. The van der Waals surface area contributed by atoms with Gasteiger partial charge in [0, 0.05) is 26.1 Å². The summed E-state index contributed by atoms with van der Waals surface area (Å²) in [6.45, 7) is 1.21. The maximum atomic E-state index is 11.4. The van der Waals surface area contributed by atoms with Crippen LogP contribution in [0.1, 0.15) is 12.8 Å². The highest BCUT2D eigenvalue weighted by Gasteiger charge is 2.38. The second kappa shape index (κ2) is 3.52. The number of Topliss-reactive ketones (excluding diaryl/α,β-unsaturated/α-hetero) is 1. The minimum Gasteiger partial charge on any atom is -0.465 e. The molecule has 2 aliphatic rings. The van der Waals surface area contributed by atoms with Crippen molar-refractivity contribution in [3.8, 4) is 0 Å². The predicted octanol–water partition coefficient (Wildman–Crippen LogP) is -0.460. The van der Waals surface area contributed by atoms with Crippen molar-refractivity contribution in [2.75, 3.05) is 19.6 Å². The molecule has 0 radical (unpaired) electrons. The fourth-order valence-electron chi connectivity index (χ4n) is 2.11. The van der Waals surface area contributed by atoms with Crippen molar-refractivity contribution in [2.45, 2.75) is 18.9 Å². The first kappa shape index (κ1) is 9.95. The Labute approximate surface area is 86.4 Å². The quantitative estimate of drug-likeness (QED) is 0.596. The maximum Gasteiger partial charge on any atom is 0.407 e. The van der Waals surface area contributed by atoms with Crippen LogP contribution in [0.3, 0.4) is 0 Å². The first-order valence-corrected chi connectivity index (χ1v) is 4.91. The Kier molecular flexibility index (Phi) is 2.34. The molecule has 1 atom stereocenters. The largest absolute Gasteiger partial charge is 0.465 e. The molecule has 2 heterocycles. The Morgan fingerprint density at radius 3 is 2.53 bits per heavy atom. The third kappa shape index (κ3) is 1.67. The fourth-order valence-corrected chi connectivity index (χ4v) is 2.11. The van der Waals surface area contributed by atoms with Crippen molar-refractivity contribution < 1.29 is 19.5 Å². The molecule has 0 unspecified atom stereocenters. The van der Waals surface area contributed by atoms with Gasteiger partial charge in [0.2, 0.25) is 5.78 Å². The van der Waals surface area contributed by atoms with Crippen molar-refractivity contribution in [2.24, 2.45) is 0 Å². The van der Waals surface area contributed by atoms with Crippen molar-refractivity contribution in [3.05, 3.63) is 0 Å². The Morgan fingerprint density at radius 2 is 2.07 bits per heavy atom.